The van der Waals surface area contributed by atoms with Crippen molar-refractivity contribution in [2.75, 3.05) is 0 Å². The van der Waals surface area contributed by atoms with E-state index >= 15 is 0 Å². The number of alkyl halides is 3. The molecule has 0 heterocycles. The molecule has 0 fully saturated rings. The highest BCUT2D eigenvalue weighted by Gasteiger charge is 2.29. The van der Waals surface area contributed by atoms with Gasteiger partial charge in [-0.1, -0.05) is 29.8 Å². The van der Waals surface area contributed by atoms with Crippen molar-refractivity contribution in [3.63, 3.8) is 0 Å². The number of aliphatic imine (C=N–C) groups is 1. The van der Waals surface area contributed by atoms with E-state index < -0.39 is 11.7 Å². The first-order valence-electron chi connectivity index (χ1n) is 5.42. The van der Waals surface area contributed by atoms with Crippen LogP contribution < -0.4 is 0 Å². The van der Waals surface area contributed by atoms with Crippen molar-refractivity contribution in [2.24, 2.45) is 4.99 Å². The zero-order valence-corrected chi connectivity index (χ0v) is 10.4. The van der Waals surface area contributed by atoms with Gasteiger partial charge in [-0.3, -0.25) is 4.99 Å². The van der Waals surface area contributed by atoms with Crippen molar-refractivity contribution in [1.29, 1.82) is 0 Å². The van der Waals surface area contributed by atoms with Crippen LogP contribution in [-0.2, 0) is 6.18 Å². The molecule has 0 spiro atoms. The van der Waals surface area contributed by atoms with Gasteiger partial charge in [0.25, 0.3) is 0 Å². The Morgan fingerprint density at radius 3 is 2.26 bits per heavy atom. The summed E-state index contributed by atoms with van der Waals surface area (Å²) in [5.41, 5.74) is 0.563. The number of rotatable bonds is 2. The van der Waals surface area contributed by atoms with Crippen LogP contribution in [0.4, 0.5) is 18.9 Å². The summed E-state index contributed by atoms with van der Waals surface area (Å²) in [6.07, 6.45) is -2.82. The third-order valence-electron chi connectivity index (χ3n) is 2.41. The van der Waals surface area contributed by atoms with Crippen molar-refractivity contribution in [1.82, 2.24) is 0 Å². The highest BCUT2D eigenvalue weighted by atomic mass is 35.5. The van der Waals surface area contributed by atoms with Gasteiger partial charge < -0.3 is 0 Å². The fraction of sp³-hybridized carbons (Fsp3) is 0.0714. The second-order valence-corrected chi connectivity index (χ2v) is 4.29. The summed E-state index contributed by atoms with van der Waals surface area (Å²) in [7, 11) is 0. The van der Waals surface area contributed by atoms with Gasteiger partial charge in [0, 0.05) is 11.2 Å². The van der Waals surface area contributed by atoms with Crippen LogP contribution in [0.3, 0.4) is 0 Å². The number of hydrogen-bond acceptors (Lipinski definition) is 1. The van der Waals surface area contributed by atoms with Gasteiger partial charge in [0.2, 0.25) is 0 Å². The van der Waals surface area contributed by atoms with Crippen molar-refractivity contribution in [3.8, 4) is 0 Å². The monoisotopic (exact) mass is 283 g/mol. The third kappa shape index (κ3) is 3.83. The average Bonchev–Trinajstić information content (AvgIpc) is 2.36. The lowest BCUT2D eigenvalue weighted by Gasteiger charge is -2.05. The van der Waals surface area contributed by atoms with Crippen LogP contribution in [0.1, 0.15) is 11.1 Å². The molecule has 5 heteroatoms. The van der Waals surface area contributed by atoms with E-state index in [2.05, 4.69) is 4.99 Å². The van der Waals surface area contributed by atoms with Gasteiger partial charge in [-0.25, -0.2) is 0 Å². The number of benzene rings is 2. The smallest absolute Gasteiger partial charge is 0.256 e. The molecule has 0 N–H and O–H groups in total. The molecule has 2 aromatic rings. The van der Waals surface area contributed by atoms with Crippen molar-refractivity contribution in [3.05, 3.63) is 64.7 Å². The summed E-state index contributed by atoms with van der Waals surface area (Å²) in [4.78, 5) is 4.14. The molecule has 0 aliphatic rings. The summed E-state index contributed by atoms with van der Waals surface area (Å²) in [6, 6.07) is 11.7. The summed E-state index contributed by atoms with van der Waals surface area (Å²) in [5, 5.41) is 0.557. The SMILES string of the molecule is FC(F)(F)c1ccc(C=Nc2cccc(Cl)c2)cc1. The van der Waals surface area contributed by atoms with Gasteiger partial charge >= 0.3 is 6.18 Å². The Hall–Kier alpha value is -1.81. The molecule has 0 amide bonds. The first-order chi connectivity index (χ1) is 8.95. The molecule has 1 nitrogen and oxygen atoms in total. The van der Waals surface area contributed by atoms with E-state index in [1.807, 2.05) is 0 Å². The maximum Gasteiger partial charge on any atom is 0.416 e. The van der Waals surface area contributed by atoms with Gasteiger partial charge in [-0.2, -0.15) is 13.2 Å². The van der Waals surface area contributed by atoms with E-state index in [0.29, 0.717) is 16.3 Å². The molecule has 0 saturated heterocycles. The topological polar surface area (TPSA) is 12.4 Å². The Kier molecular flexibility index (Phi) is 3.90. The molecule has 19 heavy (non-hydrogen) atoms. The van der Waals surface area contributed by atoms with Gasteiger partial charge in [0.15, 0.2) is 0 Å². The van der Waals surface area contributed by atoms with Crippen LogP contribution in [0.15, 0.2) is 53.5 Å². The normalized spacial score (nSPS) is 12.0. The Morgan fingerprint density at radius 1 is 1.00 bits per heavy atom. The van der Waals surface area contributed by atoms with Crippen LogP contribution in [0.5, 0.6) is 0 Å². The van der Waals surface area contributed by atoms with E-state index in [4.69, 9.17) is 11.6 Å². The lowest BCUT2D eigenvalue weighted by atomic mass is 10.1. The van der Waals surface area contributed by atoms with E-state index in [1.165, 1.54) is 18.3 Å². The summed E-state index contributed by atoms with van der Waals surface area (Å²) >= 11 is 5.80. The van der Waals surface area contributed by atoms with E-state index in [-0.39, 0.29) is 0 Å². The van der Waals surface area contributed by atoms with Gasteiger partial charge in [-0.15, -0.1) is 0 Å². The summed E-state index contributed by atoms with van der Waals surface area (Å²) < 4.78 is 37.1. The molecule has 0 unspecified atom stereocenters. The molecule has 2 rings (SSSR count). The number of halogens is 4. The van der Waals surface area contributed by atoms with E-state index in [0.717, 1.165) is 12.1 Å². The summed E-state index contributed by atoms with van der Waals surface area (Å²) in [5.74, 6) is 0. The van der Waals surface area contributed by atoms with Crippen LogP contribution in [-0.4, -0.2) is 6.21 Å². The van der Waals surface area contributed by atoms with Crippen LogP contribution >= 0.6 is 11.6 Å². The van der Waals surface area contributed by atoms with E-state index in [9.17, 15) is 13.2 Å². The van der Waals surface area contributed by atoms with Gasteiger partial charge in [0.1, 0.15) is 0 Å². The number of hydrogen-bond donors (Lipinski definition) is 0. The lowest BCUT2D eigenvalue weighted by molar-refractivity contribution is -0.137. The molecule has 0 aromatic heterocycles. The maximum absolute atomic E-state index is 12.4. The third-order valence-corrected chi connectivity index (χ3v) is 2.64. The van der Waals surface area contributed by atoms with Crippen LogP contribution in [0.2, 0.25) is 5.02 Å². The second kappa shape index (κ2) is 5.45. The first kappa shape index (κ1) is 13.6. The minimum Gasteiger partial charge on any atom is -0.256 e. The van der Waals surface area contributed by atoms with Gasteiger partial charge in [-0.05, 0) is 35.9 Å². The molecular formula is C14H9ClF3N. The molecule has 98 valence electrons. The summed E-state index contributed by atoms with van der Waals surface area (Å²) in [6.45, 7) is 0. The minimum absolute atomic E-state index is 0.557. The second-order valence-electron chi connectivity index (χ2n) is 3.86. The number of nitrogens with zero attached hydrogens (tertiary/aromatic N) is 1. The molecule has 0 atom stereocenters. The molecule has 0 radical (unpaired) electrons. The molecule has 0 aliphatic heterocycles. The first-order valence-corrected chi connectivity index (χ1v) is 5.80. The van der Waals surface area contributed by atoms with Gasteiger partial charge in [0.05, 0.1) is 11.3 Å². The molecule has 0 aliphatic carbocycles. The molecule has 2 aromatic carbocycles. The Balaban J connectivity index is 2.16. The highest BCUT2D eigenvalue weighted by Crippen LogP contribution is 2.29. The fourth-order valence-electron chi connectivity index (χ4n) is 1.46. The molecule has 0 saturated carbocycles. The maximum atomic E-state index is 12.4. The highest BCUT2D eigenvalue weighted by molar-refractivity contribution is 6.30. The molecule has 0 bridgehead atoms. The lowest BCUT2D eigenvalue weighted by Crippen LogP contribution is -2.04. The predicted molar refractivity (Wildman–Crippen MR) is 70.2 cm³/mol. The Labute approximate surface area is 113 Å². The van der Waals surface area contributed by atoms with Crippen molar-refractivity contribution >= 4 is 23.5 Å². The van der Waals surface area contributed by atoms with Crippen LogP contribution in [0.25, 0.3) is 0 Å². The van der Waals surface area contributed by atoms with Crippen molar-refractivity contribution in [2.45, 2.75) is 6.18 Å². The standard InChI is InChI=1S/C14H9ClF3N/c15-12-2-1-3-13(8-12)19-9-10-4-6-11(7-5-10)14(16,17)18/h1-9H. The van der Waals surface area contributed by atoms with Crippen LogP contribution in [0, 0.1) is 0 Å². The fourth-order valence-corrected chi connectivity index (χ4v) is 1.65. The minimum atomic E-state index is -4.32. The van der Waals surface area contributed by atoms with Crippen molar-refractivity contribution < 1.29 is 13.2 Å². The predicted octanol–water partition coefficient (Wildman–Crippen LogP) is 5.11. The zero-order chi connectivity index (χ0) is 13.9. The average molecular weight is 284 g/mol. The Morgan fingerprint density at radius 2 is 1.68 bits per heavy atom. The quantitative estimate of drug-likeness (QED) is 0.679. The largest absolute Gasteiger partial charge is 0.416 e. The Bertz CT molecular complexity index is 588. The zero-order valence-electron chi connectivity index (χ0n) is 9.66. The molecular weight excluding hydrogens is 275 g/mol. The van der Waals surface area contributed by atoms with E-state index in [1.54, 1.807) is 24.3 Å².